The fourth-order valence-corrected chi connectivity index (χ4v) is 2.77. The van der Waals surface area contributed by atoms with Gasteiger partial charge in [0, 0.05) is 18.6 Å². The first-order valence-electron chi connectivity index (χ1n) is 5.29. The van der Waals surface area contributed by atoms with Gasteiger partial charge >= 0.3 is 0 Å². The van der Waals surface area contributed by atoms with Crippen LogP contribution in [-0.4, -0.2) is 12.1 Å². The summed E-state index contributed by atoms with van der Waals surface area (Å²) in [4.78, 5) is 0. The molecule has 1 fully saturated rings. The fourth-order valence-electron chi connectivity index (χ4n) is 2.10. The van der Waals surface area contributed by atoms with Crippen LogP contribution in [0.1, 0.15) is 31.2 Å². The van der Waals surface area contributed by atoms with Crippen LogP contribution in [0.2, 0.25) is 0 Å². The topological polar surface area (TPSA) is 38.0 Å². The van der Waals surface area contributed by atoms with Gasteiger partial charge in [0.2, 0.25) is 0 Å². The molecule has 1 aromatic rings. The SMILES string of the molecule is NC1(CNCc2ccsc2)CCCC1. The third kappa shape index (κ3) is 2.56. The van der Waals surface area contributed by atoms with E-state index in [2.05, 4.69) is 22.1 Å². The molecule has 3 heteroatoms. The molecule has 0 aromatic carbocycles. The van der Waals surface area contributed by atoms with E-state index in [0.717, 1.165) is 13.1 Å². The lowest BCUT2D eigenvalue weighted by atomic mass is 9.99. The normalized spacial score (nSPS) is 20.1. The number of rotatable bonds is 4. The van der Waals surface area contributed by atoms with Gasteiger partial charge in [0.15, 0.2) is 0 Å². The molecule has 0 saturated heterocycles. The zero-order valence-corrected chi connectivity index (χ0v) is 9.28. The molecule has 3 N–H and O–H groups in total. The van der Waals surface area contributed by atoms with Crippen molar-refractivity contribution in [1.82, 2.24) is 5.32 Å². The summed E-state index contributed by atoms with van der Waals surface area (Å²) in [5.41, 5.74) is 7.69. The molecule has 2 nitrogen and oxygen atoms in total. The highest BCUT2D eigenvalue weighted by Crippen LogP contribution is 2.26. The van der Waals surface area contributed by atoms with E-state index in [1.54, 1.807) is 11.3 Å². The Balaban J connectivity index is 1.72. The minimum atomic E-state index is 0.0794. The predicted molar refractivity (Wildman–Crippen MR) is 61.4 cm³/mol. The molecule has 2 rings (SSSR count). The molecule has 1 aliphatic carbocycles. The Morgan fingerprint density at radius 2 is 2.21 bits per heavy atom. The molecular weight excluding hydrogens is 192 g/mol. The molecule has 1 aliphatic rings. The highest BCUT2D eigenvalue weighted by Gasteiger charge is 2.28. The Morgan fingerprint density at radius 3 is 2.86 bits per heavy atom. The summed E-state index contributed by atoms with van der Waals surface area (Å²) in [5, 5.41) is 7.75. The highest BCUT2D eigenvalue weighted by atomic mass is 32.1. The molecule has 1 heterocycles. The Kier molecular flexibility index (Phi) is 3.21. The summed E-state index contributed by atoms with van der Waals surface area (Å²) in [7, 11) is 0. The van der Waals surface area contributed by atoms with Gasteiger partial charge in [-0.15, -0.1) is 0 Å². The first-order chi connectivity index (χ1) is 6.79. The van der Waals surface area contributed by atoms with Gasteiger partial charge in [0.05, 0.1) is 0 Å². The maximum atomic E-state index is 6.24. The van der Waals surface area contributed by atoms with E-state index in [-0.39, 0.29) is 5.54 Å². The third-order valence-electron chi connectivity index (χ3n) is 2.99. The molecule has 0 bridgehead atoms. The molecule has 0 aliphatic heterocycles. The van der Waals surface area contributed by atoms with Gasteiger partial charge in [-0.05, 0) is 35.2 Å². The van der Waals surface area contributed by atoms with Crippen molar-refractivity contribution in [3.8, 4) is 0 Å². The Bertz CT molecular complexity index is 263. The van der Waals surface area contributed by atoms with Crippen LogP contribution in [0, 0.1) is 0 Å². The van der Waals surface area contributed by atoms with E-state index in [4.69, 9.17) is 5.73 Å². The third-order valence-corrected chi connectivity index (χ3v) is 3.72. The van der Waals surface area contributed by atoms with Gasteiger partial charge in [0.1, 0.15) is 0 Å². The van der Waals surface area contributed by atoms with Crippen LogP contribution in [0.25, 0.3) is 0 Å². The number of hydrogen-bond donors (Lipinski definition) is 2. The number of hydrogen-bond acceptors (Lipinski definition) is 3. The maximum Gasteiger partial charge on any atom is 0.0280 e. The van der Waals surface area contributed by atoms with Crippen LogP contribution < -0.4 is 11.1 Å². The van der Waals surface area contributed by atoms with Gasteiger partial charge in [-0.1, -0.05) is 12.8 Å². The quantitative estimate of drug-likeness (QED) is 0.799. The molecule has 0 unspecified atom stereocenters. The van der Waals surface area contributed by atoms with Crippen molar-refractivity contribution in [1.29, 1.82) is 0 Å². The average Bonchev–Trinajstić information content (AvgIpc) is 2.77. The van der Waals surface area contributed by atoms with Crippen molar-refractivity contribution in [2.45, 2.75) is 37.8 Å². The molecule has 14 heavy (non-hydrogen) atoms. The van der Waals surface area contributed by atoms with Crippen LogP contribution in [0.15, 0.2) is 16.8 Å². The van der Waals surface area contributed by atoms with Gasteiger partial charge in [-0.3, -0.25) is 0 Å². The van der Waals surface area contributed by atoms with E-state index in [0.29, 0.717) is 0 Å². The molecule has 0 spiro atoms. The number of nitrogens with two attached hydrogens (primary N) is 1. The fraction of sp³-hybridized carbons (Fsp3) is 0.636. The van der Waals surface area contributed by atoms with Gasteiger partial charge < -0.3 is 11.1 Å². The van der Waals surface area contributed by atoms with E-state index < -0.39 is 0 Å². The number of nitrogens with one attached hydrogen (secondary N) is 1. The molecule has 0 radical (unpaired) electrons. The lowest BCUT2D eigenvalue weighted by Crippen LogP contribution is -2.46. The van der Waals surface area contributed by atoms with Crippen LogP contribution >= 0.6 is 11.3 Å². The van der Waals surface area contributed by atoms with Crippen molar-refractivity contribution in [2.75, 3.05) is 6.54 Å². The summed E-state index contributed by atoms with van der Waals surface area (Å²) in [6.45, 7) is 1.92. The molecule has 0 amide bonds. The Hall–Kier alpha value is -0.380. The van der Waals surface area contributed by atoms with Crippen LogP contribution in [-0.2, 0) is 6.54 Å². The van der Waals surface area contributed by atoms with E-state index in [9.17, 15) is 0 Å². The molecule has 78 valence electrons. The average molecular weight is 210 g/mol. The van der Waals surface area contributed by atoms with Crippen molar-refractivity contribution in [2.24, 2.45) is 5.73 Å². The van der Waals surface area contributed by atoms with Gasteiger partial charge in [0.25, 0.3) is 0 Å². The molecular formula is C11H18N2S. The zero-order chi connectivity index (χ0) is 9.86. The zero-order valence-electron chi connectivity index (χ0n) is 8.46. The molecule has 0 atom stereocenters. The van der Waals surface area contributed by atoms with Crippen LogP contribution in [0.4, 0.5) is 0 Å². The van der Waals surface area contributed by atoms with E-state index >= 15 is 0 Å². The first kappa shape index (κ1) is 10.1. The van der Waals surface area contributed by atoms with Crippen molar-refractivity contribution < 1.29 is 0 Å². The second kappa shape index (κ2) is 4.43. The van der Waals surface area contributed by atoms with Gasteiger partial charge in [-0.25, -0.2) is 0 Å². The minimum Gasteiger partial charge on any atom is -0.324 e. The standard InChI is InChI=1S/C11H18N2S/c12-11(4-1-2-5-11)9-13-7-10-3-6-14-8-10/h3,6,8,13H,1-2,4-5,7,9,12H2. The molecule has 1 aromatic heterocycles. The summed E-state index contributed by atoms with van der Waals surface area (Å²) < 4.78 is 0. The van der Waals surface area contributed by atoms with Crippen LogP contribution in [0.5, 0.6) is 0 Å². The monoisotopic (exact) mass is 210 g/mol. The Labute approximate surface area is 89.5 Å². The minimum absolute atomic E-state index is 0.0794. The van der Waals surface area contributed by atoms with Crippen molar-refractivity contribution >= 4 is 11.3 Å². The van der Waals surface area contributed by atoms with Crippen molar-refractivity contribution in [3.63, 3.8) is 0 Å². The van der Waals surface area contributed by atoms with E-state index in [1.807, 2.05) is 0 Å². The second-order valence-corrected chi connectivity index (χ2v) is 5.08. The number of thiophene rings is 1. The lowest BCUT2D eigenvalue weighted by molar-refractivity contribution is 0.404. The highest BCUT2D eigenvalue weighted by molar-refractivity contribution is 7.07. The summed E-state index contributed by atoms with van der Waals surface area (Å²) in [5.74, 6) is 0. The van der Waals surface area contributed by atoms with Gasteiger partial charge in [-0.2, -0.15) is 11.3 Å². The molecule has 1 saturated carbocycles. The van der Waals surface area contributed by atoms with Crippen molar-refractivity contribution in [3.05, 3.63) is 22.4 Å². The lowest BCUT2D eigenvalue weighted by Gasteiger charge is -2.23. The Morgan fingerprint density at radius 1 is 1.43 bits per heavy atom. The summed E-state index contributed by atoms with van der Waals surface area (Å²) in [6, 6.07) is 2.16. The second-order valence-electron chi connectivity index (χ2n) is 4.30. The predicted octanol–water partition coefficient (Wildman–Crippen LogP) is 2.11. The van der Waals surface area contributed by atoms with Crippen LogP contribution in [0.3, 0.4) is 0 Å². The first-order valence-corrected chi connectivity index (χ1v) is 6.23. The maximum absolute atomic E-state index is 6.24. The smallest absolute Gasteiger partial charge is 0.0280 e. The summed E-state index contributed by atoms with van der Waals surface area (Å²) in [6.07, 6.45) is 4.97. The summed E-state index contributed by atoms with van der Waals surface area (Å²) >= 11 is 1.75. The largest absolute Gasteiger partial charge is 0.324 e. The van der Waals surface area contributed by atoms with E-state index in [1.165, 1.54) is 31.2 Å².